The van der Waals surface area contributed by atoms with Crippen molar-refractivity contribution in [3.05, 3.63) is 63.7 Å². The van der Waals surface area contributed by atoms with Crippen molar-refractivity contribution in [2.75, 3.05) is 11.9 Å². The minimum Gasteiger partial charge on any atom is -0.493 e. The van der Waals surface area contributed by atoms with E-state index in [4.69, 9.17) is 4.74 Å². The summed E-state index contributed by atoms with van der Waals surface area (Å²) in [6.07, 6.45) is 0. The summed E-state index contributed by atoms with van der Waals surface area (Å²) in [7, 11) is 0. The summed E-state index contributed by atoms with van der Waals surface area (Å²) in [4.78, 5) is 10.8. The van der Waals surface area contributed by atoms with Gasteiger partial charge in [-0.1, -0.05) is 32.0 Å². The van der Waals surface area contributed by atoms with Crippen LogP contribution in [0.1, 0.15) is 31.0 Å². The highest BCUT2D eigenvalue weighted by Crippen LogP contribution is 2.52. The molecule has 0 bridgehead atoms. The van der Waals surface area contributed by atoms with Crippen LogP contribution < -0.4 is 10.1 Å². The van der Waals surface area contributed by atoms with Crippen LogP contribution in [0.5, 0.6) is 5.75 Å². The summed E-state index contributed by atoms with van der Waals surface area (Å²) in [5.41, 5.74) is 3.02. The fourth-order valence-corrected chi connectivity index (χ4v) is 3.84. The van der Waals surface area contributed by atoms with E-state index in [1.807, 2.05) is 24.3 Å². The molecule has 0 unspecified atom stereocenters. The second-order valence-electron chi connectivity index (χ2n) is 6.79. The van der Waals surface area contributed by atoms with Crippen molar-refractivity contribution < 1.29 is 9.66 Å². The lowest BCUT2D eigenvalue weighted by Gasteiger charge is -2.48. The van der Waals surface area contributed by atoms with Gasteiger partial charge in [-0.2, -0.15) is 0 Å². The van der Waals surface area contributed by atoms with Gasteiger partial charge in [-0.3, -0.25) is 10.1 Å². The molecule has 0 aliphatic carbocycles. The Morgan fingerprint density at radius 2 is 2.04 bits per heavy atom. The molecule has 2 aliphatic heterocycles. The zero-order valence-electron chi connectivity index (χ0n) is 13.1. The fourth-order valence-electron chi connectivity index (χ4n) is 3.84. The van der Waals surface area contributed by atoms with Crippen LogP contribution in [0.25, 0.3) is 0 Å². The van der Waals surface area contributed by atoms with Gasteiger partial charge in [0.1, 0.15) is 5.75 Å². The molecule has 0 radical (unpaired) electrons. The third-order valence-corrected chi connectivity index (χ3v) is 5.22. The van der Waals surface area contributed by atoms with Gasteiger partial charge < -0.3 is 10.1 Å². The highest BCUT2D eigenvalue weighted by molar-refractivity contribution is 5.63. The van der Waals surface area contributed by atoms with E-state index in [2.05, 4.69) is 25.2 Å². The molecule has 5 nitrogen and oxygen atoms in total. The van der Waals surface area contributed by atoms with Gasteiger partial charge in [-0.25, -0.2) is 0 Å². The molecule has 0 fully saturated rings. The van der Waals surface area contributed by atoms with Crippen LogP contribution >= 0.6 is 0 Å². The van der Waals surface area contributed by atoms with Crippen molar-refractivity contribution in [3.8, 4) is 5.75 Å². The summed E-state index contributed by atoms with van der Waals surface area (Å²) in [5.74, 6) is 1.13. The number of para-hydroxylation sites is 1. The average molecular weight is 310 g/mol. The van der Waals surface area contributed by atoms with E-state index in [0.717, 1.165) is 22.6 Å². The Hall–Kier alpha value is -2.56. The Kier molecular flexibility index (Phi) is 2.88. The highest BCUT2D eigenvalue weighted by atomic mass is 16.6. The van der Waals surface area contributed by atoms with Gasteiger partial charge in [0, 0.05) is 34.7 Å². The number of nitrogens with zero attached hydrogens (tertiary/aromatic N) is 1. The number of nitro groups is 1. The van der Waals surface area contributed by atoms with Crippen molar-refractivity contribution in [2.24, 2.45) is 5.92 Å². The summed E-state index contributed by atoms with van der Waals surface area (Å²) < 4.78 is 5.95. The van der Waals surface area contributed by atoms with Gasteiger partial charge in [0.25, 0.3) is 5.69 Å². The third kappa shape index (κ3) is 2.00. The van der Waals surface area contributed by atoms with Crippen LogP contribution in [-0.4, -0.2) is 11.5 Å². The molecule has 2 aromatic rings. The summed E-state index contributed by atoms with van der Waals surface area (Å²) >= 11 is 0. The zero-order chi connectivity index (χ0) is 16.2. The maximum atomic E-state index is 11.1. The topological polar surface area (TPSA) is 64.4 Å². The SMILES string of the molecule is CC1(C)c2cc([N+](=O)[O-])ccc2N[C@@H]2c3ccccc3OC[C@H]21. The number of anilines is 1. The average Bonchev–Trinajstić information content (AvgIpc) is 2.54. The molecule has 23 heavy (non-hydrogen) atoms. The number of hydrogen-bond acceptors (Lipinski definition) is 4. The molecule has 118 valence electrons. The van der Waals surface area contributed by atoms with Crippen molar-refractivity contribution in [2.45, 2.75) is 25.3 Å². The highest BCUT2D eigenvalue weighted by Gasteiger charge is 2.46. The summed E-state index contributed by atoms with van der Waals surface area (Å²) in [6, 6.07) is 13.3. The quantitative estimate of drug-likeness (QED) is 0.637. The van der Waals surface area contributed by atoms with Gasteiger partial charge >= 0.3 is 0 Å². The van der Waals surface area contributed by atoms with Crippen molar-refractivity contribution in [1.29, 1.82) is 0 Å². The largest absolute Gasteiger partial charge is 0.493 e. The van der Waals surface area contributed by atoms with E-state index >= 15 is 0 Å². The summed E-state index contributed by atoms with van der Waals surface area (Å²) in [6.45, 7) is 4.89. The number of nitro benzene ring substituents is 1. The molecule has 2 aliphatic rings. The predicted octanol–water partition coefficient (Wildman–Crippen LogP) is 4.05. The fraction of sp³-hybridized carbons (Fsp3) is 0.333. The van der Waals surface area contributed by atoms with Gasteiger partial charge in [0.05, 0.1) is 17.6 Å². The molecule has 2 heterocycles. The van der Waals surface area contributed by atoms with Crippen LogP contribution in [0, 0.1) is 16.0 Å². The van der Waals surface area contributed by atoms with E-state index in [-0.39, 0.29) is 28.0 Å². The predicted molar refractivity (Wildman–Crippen MR) is 87.9 cm³/mol. The normalized spacial score (nSPS) is 23.6. The van der Waals surface area contributed by atoms with Crippen LogP contribution in [0.4, 0.5) is 11.4 Å². The molecule has 0 aromatic heterocycles. The lowest BCUT2D eigenvalue weighted by molar-refractivity contribution is -0.385. The van der Waals surface area contributed by atoms with Crippen LogP contribution in [-0.2, 0) is 5.41 Å². The molecule has 5 heteroatoms. The number of ether oxygens (including phenoxy) is 1. The first-order chi connectivity index (χ1) is 11.0. The monoisotopic (exact) mass is 310 g/mol. The Morgan fingerprint density at radius 1 is 1.26 bits per heavy atom. The van der Waals surface area contributed by atoms with E-state index in [1.165, 1.54) is 0 Å². The lowest BCUT2D eigenvalue weighted by atomic mass is 9.65. The zero-order valence-corrected chi connectivity index (χ0v) is 13.1. The van der Waals surface area contributed by atoms with Crippen LogP contribution in [0.15, 0.2) is 42.5 Å². The molecular weight excluding hydrogens is 292 g/mol. The minimum absolute atomic E-state index is 0.134. The standard InChI is InChI=1S/C18H18N2O3/c1-18(2)13-9-11(20(21)22)7-8-15(13)19-17-12-5-3-4-6-16(12)23-10-14(17)18/h3-9,14,17,19H,10H2,1-2H3/t14-,17-/m1/s1. The number of rotatable bonds is 1. The maximum absolute atomic E-state index is 11.1. The Balaban J connectivity index is 1.85. The van der Waals surface area contributed by atoms with Gasteiger partial charge in [-0.05, 0) is 17.7 Å². The molecule has 2 aromatic carbocycles. The molecule has 1 N–H and O–H groups in total. The molecule has 0 saturated carbocycles. The Morgan fingerprint density at radius 3 is 2.83 bits per heavy atom. The van der Waals surface area contributed by atoms with Crippen LogP contribution in [0.2, 0.25) is 0 Å². The van der Waals surface area contributed by atoms with E-state index < -0.39 is 0 Å². The van der Waals surface area contributed by atoms with Crippen molar-refractivity contribution in [3.63, 3.8) is 0 Å². The second kappa shape index (κ2) is 4.72. The number of hydrogen-bond donors (Lipinski definition) is 1. The third-order valence-electron chi connectivity index (χ3n) is 5.22. The molecular formula is C18H18N2O3. The maximum Gasteiger partial charge on any atom is 0.269 e. The lowest BCUT2D eigenvalue weighted by Crippen LogP contribution is -2.46. The number of non-ortho nitro benzene ring substituents is 1. The molecule has 0 saturated heterocycles. The molecule has 0 spiro atoms. The van der Waals surface area contributed by atoms with Crippen molar-refractivity contribution in [1.82, 2.24) is 0 Å². The number of nitrogens with one attached hydrogen (secondary N) is 1. The van der Waals surface area contributed by atoms with Crippen molar-refractivity contribution >= 4 is 11.4 Å². The first kappa shape index (κ1) is 14.1. The van der Waals surface area contributed by atoms with E-state index in [9.17, 15) is 10.1 Å². The van der Waals surface area contributed by atoms with Gasteiger partial charge in [0.15, 0.2) is 0 Å². The smallest absolute Gasteiger partial charge is 0.269 e. The first-order valence-corrected chi connectivity index (χ1v) is 7.75. The molecule has 2 atom stereocenters. The van der Waals surface area contributed by atoms with E-state index in [0.29, 0.717) is 6.61 Å². The van der Waals surface area contributed by atoms with E-state index in [1.54, 1.807) is 12.1 Å². The minimum atomic E-state index is -0.338. The Bertz CT molecular complexity index is 801. The molecule has 4 rings (SSSR count). The van der Waals surface area contributed by atoms with Gasteiger partial charge in [-0.15, -0.1) is 0 Å². The second-order valence-corrected chi connectivity index (χ2v) is 6.79. The molecule has 0 amide bonds. The Labute approximate surface area is 134 Å². The van der Waals surface area contributed by atoms with Gasteiger partial charge in [0.2, 0.25) is 0 Å². The number of benzene rings is 2. The first-order valence-electron chi connectivity index (χ1n) is 7.75. The van der Waals surface area contributed by atoms with Crippen LogP contribution in [0.3, 0.4) is 0 Å². The number of fused-ring (bicyclic) bond motifs is 4. The summed E-state index contributed by atoms with van der Waals surface area (Å²) in [5, 5.41) is 14.7.